The maximum Gasteiger partial charge on any atom is 0.260 e. The monoisotopic (exact) mass is 507 g/mol. The van der Waals surface area contributed by atoms with Gasteiger partial charge in [0, 0.05) is 36.2 Å². The molecule has 0 aliphatic rings. The van der Waals surface area contributed by atoms with E-state index >= 15 is 0 Å². The molecule has 4 aromatic rings. The van der Waals surface area contributed by atoms with E-state index in [-0.39, 0.29) is 12.2 Å². The molecule has 0 aliphatic carbocycles. The summed E-state index contributed by atoms with van der Waals surface area (Å²) in [5.41, 5.74) is 2.61. The quantitative estimate of drug-likeness (QED) is 0.289. The number of rotatable bonds is 12. The zero-order chi connectivity index (χ0) is 25.5. The number of aromatic amines is 1. The lowest BCUT2D eigenvalue weighted by molar-refractivity contribution is 0.00517. The zero-order valence-corrected chi connectivity index (χ0v) is 21.8. The smallest absolute Gasteiger partial charge is 0.260 e. The molecule has 1 atom stereocenters. The van der Waals surface area contributed by atoms with Crippen LogP contribution >= 0.6 is 11.3 Å². The molecule has 2 heterocycles. The van der Waals surface area contributed by atoms with Crippen LogP contribution in [-0.4, -0.2) is 52.9 Å². The number of aliphatic hydroxyl groups excluding tert-OH is 1. The number of nitrogens with one attached hydrogen (secondary N) is 1. The number of aliphatic hydroxyl groups is 1. The summed E-state index contributed by atoms with van der Waals surface area (Å²) in [7, 11) is 1.62. The van der Waals surface area contributed by atoms with E-state index in [1.165, 1.54) is 11.3 Å². The normalized spacial score (nSPS) is 12.5. The molecule has 0 unspecified atom stereocenters. The molecular formula is C28H33N3O4S. The summed E-state index contributed by atoms with van der Waals surface area (Å²) in [6, 6.07) is 17.7. The SMILES string of the molecule is COc1ccccc1-c1csc2nc(CN(Cc3ccccc3)C[C@@H](O)COCC(C)C)[nH]c(=O)c12. The molecule has 0 saturated heterocycles. The molecule has 8 heteroatoms. The lowest BCUT2D eigenvalue weighted by Gasteiger charge is -2.25. The summed E-state index contributed by atoms with van der Waals surface area (Å²) in [4.78, 5) is 23.7. The van der Waals surface area contributed by atoms with Gasteiger partial charge in [-0.1, -0.05) is 62.4 Å². The average molecular weight is 508 g/mol. The van der Waals surface area contributed by atoms with Crippen LogP contribution in [0.25, 0.3) is 21.3 Å². The molecule has 0 aliphatic heterocycles. The second-order valence-electron chi connectivity index (χ2n) is 9.28. The van der Waals surface area contributed by atoms with E-state index in [2.05, 4.69) is 23.7 Å². The van der Waals surface area contributed by atoms with Gasteiger partial charge in [0.25, 0.3) is 5.56 Å². The number of para-hydroxylation sites is 1. The van der Waals surface area contributed by atoms with E-state index in [1.54, 1.807) is 7.11 Å². The fourth-order valence-corrected chi connectivity index (χ4v) is 5.12. The highest BCUT2D eigenvalue weighted by Gasteiger charge is 2.18. The van der Waals surface area contributed by atoms with Crippen molar-refractivity contribution in [2.24, 2.45) is 5.92 Å². The third kappa shape index (κ3) is 6.59. The average Bonchev–Trinajstić information content (AvgIpc) is 3.28. The number of H-pyrrole nitrogens is 1. The number of fused-ring (bicyclic) bond motifs is 1. The summed E-state index contributed by atoms with van der Waals surface area (Å²) < 4.78 is 11.1. The minimum atomic E-state index is -0.651. The van der Waals surface area contributed by atoms with Crippen molar-refractivity contribution < 1.29 is 14.6 Å². The molecule has 2 N–H and O–H groups in total. The number of benzene rings is 2. The van der Waals surface area contributed by atoms with Crippen molar-refractivity contribution in [1.82, 2.24) is 14.9 Å². The van der Waals surface area contributed by atoms with E-state index in [0.717, 1.165) is 16.7 Å². The Bertz CT molecular complexity index is 1320. The summed E-state index contributed by atoms with van der Waals surface area (Å²) in [5.74, 6) is 1.68. The lowest BCUT2D eigenvalue weighted by atomic mass is 10.1. The van der Waals surface area contributed by atoms with Gasteiger partial charge in [-0.25, -0.2) is 4.98 Å². The maximum absolute atomic E-state index is 13.2. The summed E-state index contributed by atoms with van der Waals surface area (Å²) in [6.45, 7) is 6.43. The molecule has 7 nitrogen and oxygen atoms in total. The number of aromatic nitrogens is 2. The van der Waals surface area contributed by atoms with Crippen LogP contribution in [0.15, 0.2) is 64.8 Å². The predicted molar refractivity (Wildman–Crippen MR) is 144 cm³/mol. The van der Waals surface area contributed by atoms with Gasteiger partial charge in [0.1, 0.15) is 16.4 Å². The van der Waals surface area contributed by atoms with E-state index in [4.69, 9.17) is 14.5 Å². The molecule has 36 heavy (non-hydrogen) atoms. The highest BCUT2D eigenvalue weighted by Crippen LogP contribution is 2.36. The van der Waals surface area contributed by atoms with Gasteiger partial charge < -0.3 is 19.6 Å². The molecule has 190 valence electrons. The summed E-state index contributed by atoms with van der Waals surface area (Å²) in [5, 5.41) is 13.1. The number of thiophene rings is 1. The Hall–Kier alpha value is -3.04. The van der Waals surface area contributed by atoms with Crippen LogP contribution in [-0.2, 0) is 17.8 Å². The first-order valence-corrected chi connectivity index (χ1v) is 13.0. The van der Waals surface area contributed by atoms with E-state index in [0.29, 0.717) is 53.9 Å². The maximum atomic E-state index is 13.2. The second-order valence-corrected chi connectivity index (χ2v) is 10.1. The molecule has 0 spiro atoms. The van der Waals surface area contributed by atoms with Gasteiger partial charge in [0.2, 0.25) is 0 Å². The van der Waals surface area contributed by atoms with Gasteiger partial charge in [-0.15, -0.1) is 11.3 Å². The molecule has 0 bridgehead atoms. The summed E-state index contributed by atoms with van der Waals surface area (Å²) in [6.07, 6.45) is -0.651. The Morgan fingerprint density at radius 2 is 1.78 bits per heavy atom. The van der Waals surface area contributed by atoms with Crippen molar-refractivity contribution in [3.8, 4) is 16.9 Å². The van der Waals surface area contributed by atoms with Gasteiger partial charge in [-0.2, -0.15) is 0 Å². The Kier molecular flexibility index (Phi) is 8.88. The molecule has 0 amide bonds. The Labute approximate surface area is 215 Å². The number of nitrogens with zero attached hydrogens (tertiary/aromatic N) is 2. The second kappa shape index (κ2) is 12.3. The Morgan fingerprint density at radius 3 is 2.53 bits per heavy atom. The topological polar surface area (TPSA) is 87.7 Å². The third-order valence-corrected chi connectivity index (χ3v) is 6.62. The lowest BCUT2D eigenvalue weighted by Crippen LogP contribution is -2.35. The molecular weight excluding hydrogens is 474 g/mol. The molecule has 0 fully saturated rings. The van der Waals surface area contributed by atoms with Crippen molar-refractivity contribution >= 4 is 21.6 Å². The summed E-state index contributed by atoms with van der Waals surface area (Å²) >= 11 is 1.44. The van der Waals surface area contributed by atoms with E-state index in [1.807, 2.05) is 60.0 Å². The van der Waals surface area contributed by atoms with Crippen molar-refractivity contribution in [2.75, 3.05) is 26.9 Å². The first-order chi connectivity index (χ1) is 17.4. The van der Waals surface area contributed by atoms with Gasteiger partial charge >= 0.3 is 0 Å². The van der Waals surface area contributed by atoms with Crippen molar-refractivity contribution in [3.63, 3.8) is 0 Å². The first-order valence-electron chi connectivity index (χ1n) is 12.1. The van der Waals surface area contributed by atoms with Gasteiger partial charge in [-0.3, -0.25) is 9.69 Å². The van der Waals surface area contributed by atoms with Crippen molar-refractivity contribution in [1.29, 1.82) is 0 Å². The molecule has 4 rings (SSSR count). The number of hydrogen-bond acceptors (Lipinski definition) is 7. The molecule has 2 aromatic heterocycles. The fourth-order valence-electron chi connectivity index (χ4n) is 4.16. The first kappa shape index (κ1) is 26.0. The fraction of sp³-hybridized carbons (Fsp3) is 0.357. The standard InChI is InChI=1S/C28H33N3O4S/c1-19(2)16-35-17-21(32)14-31(13-20-9-5-4-6-10-20)15-25-29-27(33)26-23(18-36-28(26)30-25)22-11-7-8-12-24(22)34-3/h4-12,18-19,21,32H,13-17H2,1-3H3,(H,29,30,33)/t21-/m1/s1. The number of methoxy groups -OCH3 is 1. The van der Waals surface area contributed by atoms with Crippen LogP contribution in [0.3, 0.4) is 0 Å². The number of ether oxygens (including phenoxy) is 2. The van der Waals surface area contributed by atoms with Crippen LogP contribution < -0.4 is 10.3 Å². The number of hydrogen-bond donors (Lipinski definition) is 2. The van der Waals surface area contributed by atoms with E-state index in [9.17, 15) is 9.90 Å². The van der Waals surface area contributed by atoms with Crippen molar-refractivity contribution in [3.05, 3.63) is 81.7 Å². The van der Waals surface area contributed by atoms with Crippen LogP contribution in [0.4, 0.5) is 0 Å². The Balaban J connectivity index is 1.58. The highest BCUT2D eigenvalue weighted by atomic mass is 32.1. The van der Waals surface area contributed by atoms with Gasteiger partial charge in [0.05, 0.1) is 31.8 Å². The van der Waals surface area contributed by atoms with Crippen molar-refractivity contribution in [2.45, 2.75) is 33.0 Å². The van der Waals surface area contributed by atoms with Crippen LogP contribution in [0.1, 0.15) is 25.2 Å². The van der Waals surface area contributed by atoms with Gasteiger partial charge in [-0.05, 0) is 17.5 Å². The minimum Gasteiger partial charge on any atom is -0.496 e. The van der Waals surface area contributed by atoms with Crippen LogP contribution in [0.2, 0.25) is 0 Å². The van der Waals surface area contributed by atoms with Crippen LogP contribution in [0.5, 0.6) is 5.75 Å². The van der Waals surface area contributed by atoms with Gasteiger partial charge in [0.15, 0.2) is 0 Å². The molecule has 0 radical (unpaired) electrons. The minimum absolute atomic E-state index is 0.183. The third-order valence-electron chi connectivity index (χ3n) is 5.74. The highest BCUT2D eigenvalue weighted by molar-refractivity contribution is 7.17. The predicted octanol–water partition coefficient (Wildman–Crippen LogP) is 4.70. The molecule has 0 saturated carbocycles. The van der Waals surface area contributed by atoms with E-state index < -0.39 is 6.10 Å². The van der Waals surface area contributed by atoms with Crippen LogP contribution in [0, 0.1) is 5.92 Å². The molecule has 2 aromatic carbocycles. The largest absolute Gasteiger partial charge is 0.496 e. The zero-order valence-electron chi connectivity index (χ0n) is 20.9. The Morgan fingerprint density at radius 1 is 1.03 bits per heavy atom.